The largest absolute Gasteiger partial charge is 0.353 e. The maximum absolute atomic E-state index is 13.6. The van der Waals surface area contributed by atoms with Crippen LogP contribution in [0, 0.1) is 6.92 Å². The summed E-state index contributed by atoms with van der Waals surface area (Å²) in [5.41, 5.74) is 1.87. The molecule has 0 N–H and O–H groups in total. The van der Waals surface area contributed by atoms with Crippen molar-refractivity contribution in [3.05, 3.63) is 44.7 Å². The fourth-order valence-electron chi connectivity index (χ4n) is 4.12. The first-order valence-electron chi connectivity index (χ1n) is 11.1. The molecule has 0 radical (unpaired) electrons. The fraction of sp³-hybridized carbons (Fsp3) is 0.478. The number of hydrogen-bond acceptors (Lipinski definition) is 7. The van der Waals surface area contributed by atoms with Gasteiger partial charge in [-0.05, 0) is 44.5 Å². The Morgan fingerprint density at radius 3 is 2.59 bits per heavy atom. The second kappa shape index (κ2) is 9.33. The van der Waals surface area contributed by atoms with Crippen LogP contribution in [0.2, 0.25) is 0 Å². The summed E-state index contributed by atoms with van der Waals surface area (Å²) >= 11 is 6.74. The lowest BCUT2D eigenvalue weighted by Crippen LogP contribution is -2.47. The maximum Gasteiger partial charge on any atom is 0.267 e. The van der Waals surface area contributed by atoms with Crippen molar-refractivity contribution in [1.29, 1.82) is 0 Å². The Morgan fingerprint density at radius 1 is 1.22 bits per heavy atom. The summed E-state index contributed by atoms with van der Waals surface area (Å²) in [6.45, 7) is 12.5. The minimum atomic E-state index is -0.166. The number of aryl methyl sites for hydroxylation is 1. The number of carbonyl (C=O) groups is 1. The average Bonchev–Trinajstić information content (AvgIpc) is 3.08. The minimum absolute atomic E-state index is 0.0217. The molecule has 0 aromatic carbocycles. The third-order valence-electron chi connectivity index (χ3n) is 6.31. The van der Waals surface area contributed by atoms with Crippen LogP contribution in [0.5, 0.6) is 0 Å². The molecule has 2 aliphatic rings. The van der Waals surface area contributed by atoms with Gasteiger partial charge in [0.25, 0.3) is 11.5 Å². The van der Waals surface area contributed by atoms with Crippen molar-refractivity contribution in [3.8, 4) is 0 Å². The monoisotopic (exact) mass is 471 g/mol. The molecule has 2 saturated heterocycles. The van der Waals surface area contributed by atoms with E-state index in [1.807, 2.05) is 32.9 Å². The number of nitrogens with zero attached hydrogens (tertiary/aromatic N) is 5. The maximum atomic E-state index is 13.6. The summed E-state index contributed by atoms with van der Waals surface area (Å²) in [5.74, 6) is 0.513. The van der Waals surface area contributed by atoms with Crippen molar-refractivity contribution < 1.29 is 4.79 Å². The lowest BCUT2D eigenvalue weighted by Gasteiger charge is -2.35. The topological polar surface area (TPSA) is 61.2 Å². The molecular weight excluding hydrogens is 442 g/mol. The molecule has 9 heteroatoms. The van der Waals surface area contributed by atoms with Crippen LogP contribution >= 0.6 is 24.0 Å². The first kappa shape index (κ1) is 22.9. The average molecular weight is 472 g/mol. The van der Waals surface area contributed by atoms with E-state index in [0.717, 1.165) is 44.7 Å². The molecule has 4 rings (SSSR count). The zero-order valence-electron chi connectivity index (χ0n) is 19.0. The number of amides is 1. The lowest BCUT2D eigenvalue weighted by atomic mass is 10.2. The Hall–Kier alpha value is -2.23. The first-order valence-corrected chi connectivity index (χ1v) is 12.3. The highest BCUT2D eigenvalue weighted by atomic mass is 32.2. The number of anilines is 1. The van der Waals surface area contributed by atoms with Gasteiger partial charge in [-0.3, -0.25) is 18.9 Å². The highest BCUT2D eigenvalue weighted by Gasteiger charge is 2.35. The molecule has 0 bridgehead atoms. The lowest BCUT2D eigenvalue weighted by molar-refractivity contribution is -0.123. The Morgan fingerprint density at radius 2 is 1.94 bits per heavy atom. The molecule has 2 aliphatic heterocycles. The minimum Gasteiger partial charge on any atom is -0.353 e. The fourth-order valence-corrected chi connectivity index (χ4v) is 5.56. The smallest absolute Gasteiger partial charge is 0.267 e. The third-order valence-corrected chi connectivity index (χ3v) is 7.64. The summed E-state index contributed by atoms with van der Waals surface area (Å²) in [5, 5.41) is 0. The van der Waals surface area contributed by atoms with E-state index in [9.17, 15) is 9.59 Å². The highest BCUT2D eigenvalue weighted by molar-refractivity contribution is 8.26. The van der Waals surface area contributed by atoms with E-state index in [1.165, 1.54) is 11.8 Å². The van der Waals surface area contributed by atoms with Crippen LogP contribution in [0.1, 0.15) is 38.3 Å². The van der Waals surface area contributed by atoms with Crippen LogP contribution in [0.25, 0.3) is 11.7 Å². The van der Waals surface area contributed by atoms with Gasteiger partial charge < -0.3 is 9.80 Å². The third kappa shape index (κ3) is 4.09. The molecule has 4 heterocycles. The van der Waals surface area contributed by atoms with Gasteiger partial charge in [0.15, 0.2) is 0 Å². The standard InChI is InChI=1S/C23H29N5O2S2/c1-5-16(4)28-22(30)18(32-23(28)31)14-17-20(26-12-10-25(6-2)11-13-26)24-19-15(3)8-7-9-27(19)21(17)29/h7-9,14,16H,5-6,10-13H2,1-4H3/b18-14+/t16-/m1/s1. The van der Waals surface area contributed by atoms with E-state index in [2.05, 4.69) is 16.7 Å². The van der Waals surface area contributed by atoms with E-state index in [0.29, 0.717) is 26.3 Å². The predicted octanol–water partition coefficient (Wildman–Crippen LogP) is 3.14. The van der Waals surface area contributed by atoms with E-state index < -0.39 is 0 Å². The Kier molecular flexibility index (Phi) is 6.69. The van der Waals surface area contributed by atoms with Crippen LogP contribution < -0.4 is 10.5 Å². The van der Waals surface area contributed by atoms with Gasteiger partial charge in [-0.15, -0.1) is 0 Å². The van der Waals surface area contributed by atoms with Crippen molar-refractivity contribution in [1.82, 2.24) is 19.2 Å². The van der Waals surface area contributed by atoms with Crippen LogP contribution in [0.3, 0.4) is 0 Å². The molecule has 0 unspecified atom stereocenters. The van der Waals surface area contributed by atoms with Crippen molar-refractivity contribution in [2.24, 2.45) is 0 Å². The molecule has 1 amide bonds. The zero-order valence-corrected chi connectivity index (χ0v) is 20.6. The molecule has 2 fully saturated rings. The number of thioether (sulfide) groups is 1. The number of likely N-dealkylation sites (N-methyl/N-ethyl adjacent to an activating group) is 1. The molecule has 0 aliphatic carbocycles. The number of pyridine rings is 1. The number of thiocarbonyl (C=S) groups is 1. The summed E-state index contributed by atoms with van der Waals surface area (Å²) < 4.78 is 2.11. The van der Waals surface area contributed by atoms with Crippen molar-refractivity contribution >= 4 is 51.7 Å². The molecule has 170 valence electrons. The molecular formula is C23H29N5O2S2. The molecule has 32 heavy (non-hydrogen) atoms. The molecule has 0 saturated carbocycles. The summed E-state index contributed by atoms with van der Waals surface area (Å²) in [4.78, 5) is 38.3. The number of aromatic nitrogens is 2. The Bertz CT molecular complexity index is 1150. The van der Waals surface area contributed by atoms with E-state index >= 15 is 0 Å². The van der Waals surface area contributed by atoms with E-state index in [4.69, 9.17) is 17.2 Å². The van der Waals surface area contributed by atoms with Crippen molar-refractivity contribution in [3.63, 3.8) is 0 Å². The summed E-state index contributed by atoms with van der Waals surface area (Å²) in [7, 11) is 0. The molecule has 2 aromatic heterocycles. The van der Waals surface area contributed by atoms with E-state index in [1.54, 1.807) is 21.6 Å². The van der Waals surface area contributed by atoms with Gasteiger partial charge in [0.05, 0.1) is 10.5 Å². The van der Waals surface area contributed by atoms with Crippen LogP contribution in [-0.4, -0.2) is 68.2 Å². The van der Waals surface area contributed by atoms with Crippen LogP contribution in [0.15, 0.2) is 28.0 Å². The zero-order chi connectivity index (χ0) is 23.0. The second-order valence-corrected chi connectivity index (χ2v) is 9.95. The van der Waals surface area contributed by atoms with Gasteiger partial charge in [0.2, 0.25) is 0 Å². The molecule has 0 spiro atoms. The SMILES string of the molecule is CC[C@@H](C)N1C(=O)/C(=C\c2c(N3CCN(CC)CC3)nc3c(C)cccn3c2=O)SC1=S. The van der Waals surface area contributed by atoms with Crippen LogP contribution in [0.4, 0.5) is 5.82 Å². The summed E-state index contributed by atoms with van der Waals surface area (Å²) in [6.07, 6.45) is 4.25. The second-order valence-electron chi connectivity index (χ2n) is 8.27. The highest BCUT2D eigenvalue weighted by Crippen LogP contribution is 2.35. The number of hydrogen-bond donors (Lipinski definition) is 0. The summed E-state index contributed by atoms with van der Waals surface area (Å²) in [6, 6.07) is 3.82. The predicted molar refractivity (Wildman–Crippen MR) is 135 cm³/mol. The van der Waals surface area contributed by atoms with Crippen LogP contribution in [-0.2, 0) is 4.79 Å². The quantitative estimate of drug-likeness (QED) is 0.490. The van der Waals surface area contributed by atoms with Gasteiger partial charge >= 0.3 is 0 Å². The first-order chi connectivity index (χ1) is 15.3. The molecule has 1 atom stereocenters. The number of carbonyl (C=O) groups excluding carboxylic acids is 1. The number of fused-ring (bicyclic) bond motifs is 1. The Labute approximate surface area is 198 Å². The normalized spacial score (nSPS) is 20.1. The number of piperazine rings is 1. The van der Waals surface area contributed by atoms with Crippen molar-refractivity contribution in [2.45, 2.75) is 40.2 Å². The van der Waals surface area contributed by atoms with Gasteiger partial charge in [0, 0.05) is 38.4 Å². The Balaban J connectivity index is 1.84. The molecule has 2 aromatic rings. The van der Waals surface area contributed by atoms with Crippen molar-refractivity contribution in [2.75, 3.05) is 37.6 Å². The van der Waals surface area contributed by atoms with E-state index in [-0.39, 0.29) is 17.5 Å². The van der Waals surface area contributed by atoms with Gasteiger partial charge in [-0.2, -0.15) is 0 Å². The number of rotatable bonds is 5. The molecule has 7 nitrogen and oxygen atoms in total. The van der Waals surface area contributed by atoms with Gasteiger partial charge in [-0.1, -0.05) is 43.9 Å². The van der Waals surface area contributed by atoms with Gasteiger partial charge in [-0.25, -0.2) is 4.98 Å². The van der Waals surface area contributed by atoms with Gasteiger partial charge in [0.1, 0.15) is 15.8 Å².